The molecule has 1 aliphatic rings. The summed E-state index contributed by atoms with van der Waals surface area (Å²) in [5, 5.41) is 4.78. The monoisotopic (exact) mass is 231 g/mol. The molecule has 0 bridgehead atoms. The van der Waals surface area contributed by atoms with Crippen molar-refractivity contribution in [1.29, 1.82) is 0 Å². The standard InChI is InChI=1S/C13H17N3O/c1-13(4-6-17-9-13)16-8-10-7-15-12-11(10)3-2-5-14-12/h2-3,5,7,16H,4,6,8-9H2,1H3,(H,14,15). The lowest BCUT2D eigenvalue weighted by Crippen LogP contribution is -2.42. The van der Waals surface area contributed by atoms with Crippen molar-refractivity contribution >= 4 is 11.0 Å². The molecule has 2 aromatic rings. The van der Waals surface area contributed by atoms with Gasteiger partial charge in [-0.25, -0.2) is 4.98 Å². The highest BCUT2D eigenvalue weighted by Gasteiger charge is 2.28. The largest absolute Gasteiger partial charge is 0.379 e. The lowest BCUT2D eigenvalue weighted by Gasteiger charge is -2.23. The SMILES string of the molecule is CC1(NCc2c[nH]c3ncccc23)CCOC1. The highest BCUT2D eigenvalue weighted by atomic mass is 16.5. The van der Waals surface area contributed by atoms with E-state index in [-0.39, 0.29) is 5.54 Å². The maximum absolute atomic E-state index is 5.43. The van der Waals surface area contributed by atoms with E-state index in [1.165, 1.54) is 10.9 Å². The zero-order valence-corrected chi connectivity index (χ0v) is 9.99. The second kappa shape index (κ2) is 4.13. The summed E-state index contributed by atoms with van der Waals surface area (Å²) < 4.78 is 5.43. The fourth-order valence-corrected chi connectivity index (χ4v) is 2.27. The molecule has 1 unspecified atom stereocenters. The van der Waals surface area contributed by atoms with E-state index < -0.39 is 0 Å². The minimum absolute atomic E-state index is 0.117. The third-order valence-corrected chi connectivity index (χ3v) is 3.46. The van der Waals surface area contributed by atoms with E-state index in [4.69, 9.17) is 4.74 Å². The first-order valence-electron chi connectivity index (χ1n) is 6.01. The van der Waals surface area contributed by atoms with E-state index in [2.05, 4.69) is 28.3 Å². The molecule has 0 spiro atoms. The van der Waals surface area contributed by atoms with Gasteiger partial charge in [-0.15, -0.1) is 0 Å². The van der Waals surface area contributed by atoms with Crippen molar-refractivity contribution in [2.45, 2.75) is 25.4 Å². The van der Waals surface area contributed by atoms with Crippen LogP contribution in [-0.4, -0.2) is 28.7 Å². The maximum atomic E-state index is 5.43. The first-order chi connectivity index (χ1) is 8.27. The molecule has 2 aromatic heterocycles. The number of nitrogens with one attached hydrogen (secondary N) is 2. The average molecular weight is 231 g/mol. The minimum atomic E-state index is 0.117. The van der Waals surface area contributed by atoms with Gasteiger partial charge in [0.05, 0.1) is 6.61 Å². The Morgan fingerprint density at radius 3 is 3.35 bits per heavy atom. The van der Waals surface area contributed by atoms with Gasteiger partial charge in [-0.3, -0.25) is 0 Å². The summed E-state index contributed by atoms with van der Waals surface area (Å²) in [4.78, 5) is 7.48. The molecule has 0 radical (unpaired) electrons. The molecule has 17 heavy (non-hydrogen) atoms. The Hall–Kier alpha value is -1.39. The lowest BCUT2D eigenvalue weighted by atomic mass is 10.0. The van der Waals surface area contributed by atoms with Crippen molar-refractivity contribution in [3.05, 3.63) is 30.1 Å². The Bertz CT molecular complexity index is 514. The summed E-state index contributed by atoms with van der Waals surface area (Å²) in [6, 6.07) is 4.07. The number of rotatable bonds is 3. The third kappa shape index (κ3) is 2.06. The van der Waals surface area contributed by atoms with Crippen LogP contribution in [0.3, 0.4) is 0 Å². The van der Waals surface area contributed by atoms with Crippen LogP contribution in [0, 0.1) is 0 Å². The summed E-state index contributed by atoms with van der Waals surface area (Å²) >= 11 is 0. The normalized spacial score (nSPS) is 24.5. The number of aromatic nitrogens is 2. The molecule has 3 heterocycles. The van der Waals surface area contributed by atoms with Gasteiger partial charge in [0, 0.05) is 36.5 Å². The van der Waals surface area contributed by atoms with Gasteiger partial charge in [0.25, 0.3) is 0 Å². The Morgan fingerprint density at radius 2 is 2.53 bits per heavy atom. The highest BCUT2D eigenvalue weighted by molar-refractivity contribution is 5.79. The topological polar surface area (TPSA) is 49.9 Å². The van der Waals surface area contributed by atoms with Gasteiger partial charge in [-0.2, -0.15) is 0 Å². The van der Waals surface area contributed by atoms with E-state index in [1.807, 2.05) is 18.5 Å². The van der Waals surface area contributed by atoms with Crippen molar-refractivity contribution in [2.75, 3.05) is 13.2 Å². The predicted molar refractivity (Wildman–Crippen MR) is 66.8 cm³/mol. The molecule has 0 saturated carbocycles. The Labute approximate surface area is 100 Å². The van der Waals surface area contributed by atoms with Crippen molar-refractivity contribution < 1.29 is 4.74 Å². The van der Waals surface area contributed by atoms with Crippen LogP contribution in [0.4, 0.5) is 0 Å². The minimum Gasteiger partial charge on any atom is -0.379 e. The molecule has 0 amide bonds. The van der Waals surface area contributed by atoms with Crippen LogP contribution in [0.2, 0.25) is 0 Å². The Kier molecular flexibility index (Phi) is 2.61. The van der Waals surface area contributed by atoms with Crippen LogP contribution in [0.5, 0.6) is 0 Å². The average Bonchev–Trinajstić information content (AvgIpc) is 2.94. The Morgan fingerprint density at radius 1 is 1.59 bits per heavy atom. The number of ether oxygens (including phenoxy) is 1. The van der Waals surface area contributed by atoms with Gasteiger partial charge in [0.2, 0.25) is 0 Å². The van der Waals surface area contributed by atoms with Crippen molar-refractivity contribution in [3.63, 3.8) is 0 Å². The molecule has 1 atom stereocenters. The molecule has 1 aliphatic heterocycles. The van der Waals surface area contributed by atoms with E-state index in [1.54, 1.807) is 0 Å². The summed E-state index contributed by atoms with van der Waals surface area (Å²) in [6.45, 7) is 4.73. The summed E-state index contributed by atoms with van der Waals surface area (Å²) in [7, 11) is 0. The molecule has 1 saturated heterocycles. The summed E-state index contributed by atoms with van der Waals surface area (Å²) in [5.41, 5.74) is 2.34. The van der Waals surface area contributed by atoms with E-state index in [9.17, 15) is 0 Å². The van der Waals surface area contributed by atoms with Gasteiger partial charge in [-0.1, -0.05) is 0 Å². The van der Waals surface area contributed by atoms with Crippen molar-refractivity contribution in [3.8, 4) is 0 Å². The highest BCUT2D eigenvalue weighted by Crippen LogP contribution is 2.20. The molecular formula is C13H17N3O. The second-order valence-corrected chi connectivity index (χ2v) is 4.93. The predicted octanol–water partition coefficient (Wildman–Crippen LogP) is 1.83. The molecule has 0 aliphatic carbocycles. The van der Waals surface area contributed by atoms with Crippen LogP contribution in [0.1, 0.15) is 18.9 Å². The number of pyridine rings is 1. The molecule has 4 heteroatoms. The smallest absolute Gasteiger partial charge is 0.137 e. The first kappa shape index (κ1) is 10.7. The molecule has 4 nitrogen and oxygen atoms in total. The van der Waals surface area contributed by atoms with Crippen LogP contribution in [-0.2, 0) is 11.3 Å². The maximum Gasteiger partial charge on any atom is 0.137 e. The number of hydrogen-bond donors (Lipinski definition) is 2. The van der Waals surface area contributed by atoms with Crippen LogP contribution in [0.15, 0.2) is 24.5 Å². The molecular weight excluding hydrogens is 214 g/mol. The van der Waals surface area contributed by atoms with Gasteiger partial charge >= 0.3 is 0 Å². The van der Waals surface area contributed by atoms with E-state index >= 15 is 0 Å². The van der Waals surface area contributed by atoms with E-state index in [0.717, 1.165) is 31.8 Å². The lowest BCUT2D eigenvalue weighted by molar-refractivity contribution is 0.171. The second-order valence-electron chi connectivity index (χ2n) is 4.93. The zero-order valence-electron chi connectivity index (χ0n) is 9.99. The van der Waals surface area contributed by atoms with Crippen molar-refractivity contribution in [1.82, 2.24) is 15.3 Å². The van der Waals surface area contributed by atoms with Gasteiger partial charge in [0.1, 0.15) is 5.65 Å². The van der Waals surface area contributed by atoms with Crippen LogP contribution in [0.25, 0.3) is 11.0 Å². The van der Waals surface area contributed by atoms with Crippen molar-refractivity contribution in [2.24, 2.45) is 0 Å². The van der Waals surface area contributed by atoms with Gasteiger partial charge in [-0.05, 0) is 31.0 Å². The number of fused-ring (bicyclic) bond motifs is 1. The summed E-state index contributed by atoms with van der Waals surface area (Å²) in [5.74, 6) is 0. The molecule has 1 fully saturated rings. The first-order valence-corrected chi connectivity index (χ1v) is 6.01. The molecule has 3 rings (SSSR count). The fraction of sp³-hybridized carbons (Fsp3) is 0.462. The molecule has 2 N–H and O–H groups in total. The quantitative estimate of drug-likeness (QED) is 0.847. The van der Waals surface area contributed by atoms with Crippen LogP contribution < -0.4 is 5.32 Å². The zero-order chi connectivity index (χ0) is 11.7. The number of hydrogen-bond acceptors (Lipinski definition) is 3. The molecule has 0 aromatic carbocycles. The third-order valence-electron chi connectivity index (χ3n) is 3.46. The van der Waals surface area contributed by atoms with E-state index in [0.29, 0.717) is 0 Å². The van der Waals surface area contributed by atoms with Crippen LogP contribution >= 0.6 is 0 Å². The van der Waals surface area contributed by atoms with Gasteiger partial charge < -0.3 is 15.0 Å². The number of aromatic amines is 1. The Balaban J connectivity index is 1.76. The number of nitrogens with zero attached hydrogens (tertiary/aromatic N) is 1. The molecule has 90 valence electrons. The summed E-state index contributed by atoms with van der Waals surface area (Å²) in [6.07, 6.45) is 4.92. The fourth-order valence-electron chi connectivity index (χ4n) is 2.27. The number of H-pyrrole nitrogens is 1. The van der Waals surface area contributed by atoms with Gasteiger partial charge in [0.15, 0.2) is 0 Å².